The van der Waals surface area contributed by atoms with E-state index in [1.165, 1.54) is 0 Å². The van der Waals surface area contributed by atoms with E-state index in [1.807, 2.05) is 0 Å². The van der Waals surface area contributed by atoms with Gasteiger partial charge in [-0.15, -0.1) is 0 Å². The lowest BCUT2D eigenvalue weighted by molar-refractivity contribution is -0.144. The van der Waals surface area contributed by atoms with E-state index in [9.17, 15) is 35.1 Å². The van der Waals surface area contributed by atoms with Gasteiger partial charge < -0.3 is 0 Å². The molecule has 1 rings (SSSR count). The molecule has 1 aromatic carbocycles. The van der Waals surface area contributed by atoms with Crippen molar-refractivity contribution >= 4 is 11.6 Å². The first-order valence-corrected chi connectivity index (χ1v) is 4.58. The van der Waals surface area contributed by atoms with E-state index in [2.05, 4.69) is 0 Å². The van der Waals surface area contributed by atoms with E-state index in [4.69, 9.17) is 11.6 Å². The quantitative estimate of drug-likeness (QED) is 0.616. The lowest BCUT2D eigenvalue weighted by Crippen LogP contribution is -2.14. The number of benzene rings is 1. The van der Waals surface area contributed by atoms with E-state index in [1.54, 1.807) is 0 Å². The largest absolute Gasteiger partial charge is 0.417 e. The van der Waals surface area contributed by atoms with Gasteiger partial charge in [0, 0.05) is 5.56 Å². The smallest absolute Gasteiger partial charge is 0.205 e. The molecule has 0 N–H and O–H groups in total. The van der Waals surface area contributed by atoms with Crippen LogP contribution in [0.2, 0.25) is 5.02 Å². The third kappa shape index (κ3) is 3.04. The van der Waals surface area contributed by atoms with Gasteiger partial charge in [0.15, 0.2) is 0 Å². The molecular weight excluding hydrogens is 296 g/mol. The summed E-state index contributed by atoms with van der Waals surface area (Å²) < 4.78 is 98.7. The first-order chi connectivity index (χ1) is 7.94. The van der Waals surface area contributed by atoms with Gasteiger partial charge in [-0.1, -0.05) is 11.6 Å². The Bertz CT molecular complexity index is 445. The van der Waals surface area contributed by atoms with Gasteiger partial charge in [0.2, 0.25) is 0 Å². The van der Waals surface area contributed by atoms with Crippen LogP contribution in [-0.4, -0.2) is 0 Å². The van der Waals surface area contributed by atoms with Gasteiger partial charge in [-0.05, 0) is 12.1 Å². The molecule has 9 heteroatoms. The second-order valence-corrected chi connectivity index (χ2v) is 3.62. The number of hydrogen-bond donors (Lipinski definition) is 0. The average Bonchev–Trinajstić information content (AvgIpc) is 2.12. The molecule has 0 saturated heterocycles. The maximum absolute atomic E-state index is 12.4. The monoisotopic (exact) mass is 298 g/mol. The van der Waals surface area contributed by atoms with Crippen molar-refractivity contribution in [2.24, 2.45) is 0 Å². The van der Waals surface area contributed by atoms with Gasteiger partial charge in [0.1, 0.15) is 0 Å². The summed E-state index contributed by atoms with van der Waals surface area (Å²) in [5.41, 5.74) is -5.43. The molecule has 0 fully saturated rings. The summed E-state index contributed by atoms with van der Waals surface area (Å²) in [6.07, 6.45) is -14.1. The first-order valence-electron chi connectivity index (χ1n) is 4.20. The van der Waals surface area contributed by atoms with E-state index in [-0.39, 0.29) is 6.07 Å². The molecule has 0 spiro atoms. The molecule has 0 amide bonds. The Morgan fingerprint density at radius 3 is 1.61 bits per heavy atom. The van der Waals surface area contributed by atoms with Crippen LogP contribution in [0.15, 0.2) is 12.1 Å². The Morgan fingerprint density at radius 2 is 1.28 bits per heavy atom. The standard InChI is InChI=1S/C9H3ClF8/c10-6-1-3(7(11)12)4(8(13,14)15)2-5(6)9(16,17)18/h1-2,7H. The van der Waals surface area contributed by atoms with Crippen molar-refractivity contribution in [1.29, 1.82) is 0 Å². The summed E-state index contributed by atoms with van der Waals surface area (Å²) in [5, 5.41) is -1.20. The zero-order chi connectivity index (χ0) is 14.3. The molecule has 0 radical (unpaired) electrons. The van der Waals surface area contributed by atoms with Gasteiger partial charge >= 0.3 is 12.4 Å². The molecule has 0 saturated carbocycles. The van der Waals surface area contributed by atoms with Gasteiger partial charge in [0.25, 0.3) is 6.43 Å². The van der Waals surface area contributed by atoms with Crippen LogP contribution in [0.5, 0.6) is 0 Å². The van der Waals surface area contributed by atoms with Gasteiger partial charge in [-0.2, -0.15) is 26.3 Å². The van der Waals surface area contributed by atoms with Crippen molar-refractivity contribution in [3.8, 4) is 0 Å². The molecule has 0 aliphatic heterocycles. The summed E-state index contributed by atoms with van der Waals surface area (Å²) in [5.74, 6) is 0. The molecule has 0 aliphatic carbocycles. The van der Waals surface area contributed by atoms with Crippen LogP contribution in [0.25, 0.3) is 0 Å². The highest BCUT2D eigenvalue weighted by atomic mass is 35.5. The van der Waals surface area contributed by atoms with E-state index < -0.39 is 46.6 Å². The summed E-state index contributed by atoms with van der Waals surface area (Å²) in [6, 6.07) is -0.429. The minimum atomic E-state index is -5.32. The Morgan fingerprint density at radius 1 is 0.833 bits per heavy atom. The molecule has 102 valence electrons. The molecule has 0 bridgehead atoms. The number of halogens is 9. The molecule has 18 heavy (non-hydrogen) atoms. The highest BCUT2D eigenvalue weighted by molar-refractivity contribution is 6.31. The second kappa shape index (κ2) is 4.56. The molecule has 0 unspecified atom stereocenters. The van der Waals surface area contributed by atoms with Crippen molar-refractivity contribution in [2.45, 2.75) is 18.8 Å². The number of alkyl halides is 8. The van der Waals surface area contributed by atoms with Crippen molar-refractivity contribution in [3.63, 3.8) is 0 Å². The Kier molecular flexibility index (Phi) is 3.81. The topological polar surface area (TPSA) is 0 Å². The highest BCUT2D eigenvalue weighted by Crippen LogP contribution is 2.43. The maximum atomic E-state index is 12.4. The minimum Gasteiger partial charge on any atom is -0.205 e. The van der Waals surface area contributed by atoms with Gasteiger partial charge in [0.05, 0.1) is 16.1 Å². The Balaban J connectivity index is 3.57. The molecule has 0 aromatic heterocycles. The van der Waals surface area contributed by atoms with Crippen LogP contribution in [0.1, 0.15) is 23.1 Å². The molecule has 0 heterocycles. The fraction of sp³-hybridized carbons (Fsp3) is 0.333. The van der Waals surface area contributed by atoms with Gasteiger partial charge in [-0.25, -0.2) is 8.78 Å². The predicted octanol–water partition coefficient (Wildman–Crippen LogP) is 5.32. The number of hydrogen-bond acceptors (Lipinski definition) is 0. The summed E-state index contributed by atoms with van der Waals surface area (Å²) in [4.78, 5) is 0. The summed E-state index contributed by atoms with van der Waals surface area (Å²) >= 11 is 5.06. The van der Waals surface area contributed by atoms with Crippen LogP contribution in [0.3, 0.4) is 0 Å². The molecular formula is C9H3ClF8. The SMILES string of the molecule is FC(F)c1cc(Cl)c(C(F)(F)F)cc1C(F)(F)F. The van der Waals surface area contributed by atoms with Crippen LogP contribution >= 0.6 is 11.6 Å². The van der Waals surface area contributed by atoms with Gasteiger partial charge in [-0.3, -0.25) is 0 Å². The third-order valence-electron chi connectivity index (χ3n) is 1.99. The van der Waals surface area contributed by atoms with E-state index >= 15 is 0 Å². The molecule has 1 aromatic rings. The molecule has 0 atom stereocenters. The van der Waals surface area contributed by atoms with Crippen LogP contribution in [-0.2, 0) is 12.4 Å². The average molecular weight is 299 g/mol. The van der Waals surface area contributed by atoms with Crippen molar-refractivity contribution < 1.29 is 35.1 Å². The fourth-order valence-electron chi connectivity index (χ4n) is 1.23. The zero-order valence-electron chi connectivity index (χ0n) is 8.13. The fourth-order valence-corrected chi connectivity index (χ4v) is 1.51. The van der Waals surface area contributed by atoms with E-state index in [0.29, 0.717) is 0 Å². The molecule has 0 aliphatic rings. The highest BCUT2D eigenvalue weighted by Gasteiger charge is 2.41. The van der Waals surface area contributed by atoms with Crippen molar-refractivity contribution in [2.75, 3.05) is 0 Å². The third-order valence-corrected chi connectivity index (χ3v) is 2.30. The predicted molar refractivity (Wildman–Crippen MR) is 46.4 cm³/mol. The lowest BCUT2D eigenvalue weighted by Gasteiger charge is -2.16. The molecule has 0 nitrogen and oxygen atoms in total. The summed E-state index contributed by atoms with van der Waals surface area (Å²) in [6.45, 7) is 0. The van der Waals surface area contributed by atoms with Crippen LogP contribution < -0.4 is 0 Å². The minimum absolute atomic E-state index is 0.0160. The van der Waals surface area contributed by atoms with Crippen molar-refractivity contribution in [3.05, 3.63) is 33.8 Å². The second-order valence-electron chi connectivity index (χ2n) is 3.22. The normalized spacial score (nSPS) is 13.2. The maximum Gasteiger partial charge on any atom is 0.417 e. The van der Waals surface area contributed by atoms with Crippen LogP contribution in [0, 0.1) is 0 Å². The lowest BCUT2D eigenvalue weighted by atomic mass is 10.0. The van der Waals surface area contributed by atoms with Crippen LogP contribution in [0.4, 0.5) is 35.1 Å². The zero-order valence-corrected chi connectivity index (χ0v) is 8.89. The Hall–Kier alpha value is -1.05. The number of rotatable bonds is 1. The van der Waals surface area contributed by atoms with Crippen molar-refractivity contribution in [1.82, 2.24) is 0 Å². The Labute approximate surface area is 100 Å². The summed E-state index contributed by atoms with van der Waals surface area (Å²) in [7, 11) is 0. The van der Waals surface area contributed by atoms with E-state index in [0.717, 1.165) is 0 Å². The first kappa shape index (κ1) is 15.0.